The van der Waals surface area contributed by atoms with Gasteiger partial charge in [-0.2, -0.15) is 0 Å². The van der Waals surface area contributed by atoms with Crippen LogP contribution in [0.5, 0.6) is 0 Å². The van der Waals surface area contributed by atoms with Crippen molar-refractivity contribution in [3.8, 4) is 11.4 Å². The molecule has 0 fully saturated rings. The predicted octanol–water partition coefficient (Wildman–Crippen LogP) is 0.350. The molecule has 0 unspecified atom stereocenters. The van der Waals surface area contributed by atoms with Gasteiger partial charge < -0.3 is 15.7 Å². The predicted molar refractivity (Wildman–Crippen MR) is 58.7 cm³/mol. The zero-order chi connectivity index (χ0) is 10.8. The number of hydrogen-bond acceptors (Lipinski definition) is 5. The molecule has 6 heteroatoms. The first-order valence-corrected chi connectivity index (χ1v) is 4.41. The minimum atomic E-state index is 0.511. The topological polar surface area (TPSA) is 94.8 Å². The number of imidazole rings is 1. The van der Waals surface area contributed by atoms with Crippen molar-refractivity contribution in [1.29, 1.82) is 0 Å². The number of aryl methyl sites for hydroxylation is 1. The van der Waals surface area contributed by atoms with Crippen LogP contribution >= 0.6 is 0 Å². The molecular formula is C9H12N6. The molecule has 0 radical (unpaired) electrons. The van der Waals surface area contributed by atoms with Crippen molar-refractivity contribution in [2.45, 2.75) is 0 Å². The van der Waals surface area contributed by atoms with Crippen LogP contribution in [0.15, 0.2) is 24.8 Å². The Labute approximate surface area is 86.9 Å². The van der Waals surface area contributed by atoms with Gasteiger partial charge in [-0.05, 0) is 6.07 Å². The van der Waals surface area contributed by atoms with Gasteiger partial charge in [0.05, 0.1) is 29.6 Å². The fourth-order valence-electron chi connectivity index (χ4n) is 1.28. The lowest BCUT2D eigenvalue weighted by Crippen LogP contribution is -2.09. The van der Waals surface area contributed by atoms with E-state index in [9.17, 15) is 0 Å². The van der Waals surface area contributed by atoms with Gasteiger partial charge in [-0.25, -0.2) is 4.98 Å². The maximum absolute atomic E-state index is 5.65. The third-order valence-electron chi connectivity index (χ3n) is 2.06. The number of anilines is 2. The van der Waals surface area contributed by atoms with Crippen LogP contribution in [0.2, 0.25) is 0 Å². The van der Waals surface area contributed by atoms with E-state index >= 15 is 0 Å². The molecule has 2 rings (SSSR count). The first-order valence-electron chi connectivity index (χ1n) is 4.41. The third-order valence-corrected chi connectivity index (χ3v) is 2.06. The molecule has 6 nitrogen and oxygen atoms in total. The fourth-order valence-corrected chi connectivity index (χ4v) is 1.28. The highest BCUT2D eigenvalue weighted by atomic mass is 15.2. The molecule has 0 atom stereocenters. The second kappa shape index (κ2) is 3.58. The van der Waals surface area contributed by atoms with Gasteiger partial charge in [-0.15, -0.1) is 0 Å². The lowest BCUT2D eigenvalue weighted by atomic mass is 10.2. The third kappa shape index (κ3) is 1.75. The Morgan fingerprint density at radius 3 is 2.73 bits per heavy atom. The number of rotatable bonds is 2. The van der Waals surface area contributed by atoms with Crippen LogP contribution in [0, 0.1) is 0 Å². The van der Waals surface area contributed by atoms with E-state index in [2.05, 4.69) is 15.4 Å². The molecule has 0 aromatic carbocycles. The average molecular weight is 204 g/mol. The Morgan fingerprint density at radius 1 is 1.33 bits per heavy atom. The highest BCUT2D eigenvalue weighted by Crippen LogP contribution is 2.22. The van der Waals surface area contributed by atoms with E-state index in [0.717, 1.165) is 11.4 Å². The van der Waals surface area contributed by atoms with E-state index in [1.807, 2.05) is 17.8 Å². The van der Waals surface area contributed by atoms with E-state index in [1.165, 1.54) is 0 Å². The number of hydrogen-bond donors (Lipinski definition) is 3. The molecule has 2 heterocycles. The van der Waals surface area contributed by atoms with Crippen LogP contribution < -0.4 is 17.0 Å². The molecule has 0 amide bonds. The van der Waals surface area contributed by atoms with E-state index in [4.69, 9.17) is 11.6 Å². The fraction of sp³-hybridized carbons (Fsp3) is 0.111. The van der Waals surface area contributed by atoms with Gasteiger partial charge >= 0.3 is 0 Å². The minimum Gasteiger partial charge on any atom is -0.396 e. The van der Waals surface area contributed by atoms with Gasteiger partial charge in [-0.3, -0.25) is 10.8 Å². The van der Waals surface area contributed by atoms with E-state index in [0.29, 0.717) is 11.4 Å². The number of pyridine rings is 1. The highest BCUT2D eigenvalue weighted by Gasteiger charge is 2.05. The summed E-state index contributed by atoms with van der Waals surface area (Å²) >= 11 is 0. The van der Waals surface area contributed by atoms with Crippen molar-refractivity contribution in [2.75, 3.05) is 11.2 Å². The Kier molecular flexibility index (Phi) is 2.26. The van der Waals surface area contributed by atoms with Gasteiger partial charge in [0.15, 0.2) is 0 Å². The largest absolute Gasteiger partial charge is 0.396 e. The van der Waals surface area contributed by atoms with Gasteiger partial charge in [0.1, 0.15) is 5.69 Å². The SMILES string of the molecule is Cn1cnc(-c2cc(NN)c(N)cn2)c1. The molecule has 78 valence electrons. The quantitative estimate of drug-likeness (QED) is 0.484. The first kappa shape index (κ1) is 9.47. The highest BCUT2D eigenvalue weighted by molar-refractivity contribution is 5.70. The standard InChI is InChI=1S/C9H12N6/c1-15-4-9(13-5-15)8-2-7(14-11)6(10)3-12-8/h2-5H,10-11H2,1H3,(H,12,14). The summed E-state index contributed by atoms with van der Waals surface area (Å²) in [6.45, 7) is 0. The second-order valence-electron chi connectivity index (χ2n) is 3.23. The monoisotopic (exact) mass is 204 g/mol. The Morgan fingerprint density at radius 2 is 2.13 bits per heavy atom. The van der Waals surface area contributed by atoms with Crippen molar-refractivity contribution in [2.24, 2.45) is 12.9 Å². The maximum atomic E-state index is 5.65. The van der Waals surface area contributed by atoms with Crippen LogP contribution in [-0.2, 0) is 7.05 Å². The molecule has 0 saturated heterocycles. The van der Waals surface area contributed by atoms with Crippen LogP contribution in [0.1, 0.15) is 0 Å². The summed E-state index contributed by atoms with van der Waals surface area (Å²) in [5, 5.41) is 0. The summed E-state index contributed by atoms with van der Waals surface area (Å²) in [5.41, 5.74) is 10.8. The van der Waals surface area contributed by atoms with Crippen molar-refractivity contribution in [3.63, 3.8) is 0 Å². The van der Waals surface area contributed by atoms with E-state index < -0.39 is 0 Å². The zero-order valence-corrected chi connectivity index (χ0v) is 8.31. The van der Waals surface area contributed by atoms with Crippen molar-refractivity contribution >= 4 is 11.4 Å². The number of nitrogens with zero attached hydrogens (tertiary/aromatic N) is 3. The van der Waals surface area contributed by atoms with Crippen LogP contribution in [0.25, 0.3) is 11.4 Å². The zero-order valence-electron chi connectivity index (χ0n) is 8.31. The summed E-state index contributed by atoms with van der Waals surface area (Å²) in [4.78, 5) is 8.36. The molecule has 0 aliphatic heterocycles. The van der Waals surface area contributed by atoms with E-state index in [1.54, 1.807) is 18.6 Å². The van der Waals surface area contributed by atoms with Crippen LogP contribution in [0.3, 0.4) is 0 Å². The van der Waals surface area contributed by atoms with Crippen LogP contribution in [0.4, 0.5) is 11.4 Å². The van der Waals surface area contributed by atoms with Gasteiger partial charge in [0.2, 0.25) is 0 Å². The molecule has 0 bridgehead atoms. The molecular weight excluding hydrogens is 192 g/mol. The Hall–Kier alpha value is -2.08. The number of nitrogens with one attached hydrogen (secondary N) is 1. The Bertz CT molecular complexity index is 475. The molecule has 2 aromatic rings. The van der Waals surface area contributed by atoms with Crippen molar-refractivity contribution in [3.05, 3.63) is 24.8 Å². The lowest BCUT2D eigenvalue weighted by Gasteiger charge is -2.05. The summed E-state index contributed by atoms with van der Waals surface area (Å²) < 4.78 is 1.85. The summed E-state index contributed by atoms with van der Waals surface area (Å²) in [7, 11) is 1.90. The molecule has 5 N–H and O–H groups in total. The minimum absolute atomic E-state index is 0.511. The number of nitrogens with two attached hydrogens (primary N) is 2. The van der Waals surface area contributed by atoms with Gasteiger partial charge in [-0.1, -0.05) is 0 Å². The van der Waals surface area contributed by atoms with Crippen LogP contribution in [-0.4, -0.2) is 14.5 Å². The smallest absolute Gasteiger partial charge is 0.107 e. The summed E-state index contributed by atoms with van der Waals surface area (Å²) in [5.74, 6) is 5.32. The molecule has 0 aliphatic rings. The van der Waals surface area contributed by atoms with Crippen molar-refractivity contribution in [1.82, 2.24) is 14.5 Å². The second-order valence-corrected chi connectivity index (χ2v) is 3.23. The lowest BCUT2D eigenvalue weighted by molar-refractivity contribution is 0.913. The molecule has 15 heavy (non-hydrogen) atoms. The average Bonchev–Trinajstić information content (AvgIpc) is 2.66. The Balaban J connectivity index is 2.45. The maximum Gasteiger partial charge on any atom is 0.107 e. The number of nitrogen functional groups attached to an aromatic ring is 2. The normalized spacial score (nSPS) is 10.3. The molecule has 0 spiro atoms. The summed E-state index contributed by atoms with van der Waals surface area (Å²) in [6.07, 6.45) is 5.14. The van der Waals surface area contributed by atoms with Gasteiger partial charge in [0, 0.05) is 13.2 Å². The van der Waals surface area contributed by atoms with Gasteiger partial charge in [0.25, 0.3) is 0 Å². The molecule has 0 aliphatic carbocycles. The molecule has 2 aromatic heterocycles. The van der Waals surface area contributed by atoms with Crippen molar-refractivity contribution < 1.29 is 0 Å². The number of hydrazine groups is 1. The van der Waals surface area contributed by atoms with E-state index in [-0.39, 0.29) is 0 Å². The number of aromatic nitrogens is 3. The first-order chi connectivity index (χ1) is 7.20. The summed E-state index contributed by atoms with van der Waals surface area (Å²) in [6, 6.07) is 1.76. The molecule has 0 saturated carbocycles.